The molecule has 0 saturated carbocycles. The Morgan fingerprint density at radius 1 is 1.00 bits per heavy atom. The maximum absolute atomic E-state index is 10.8. The molecule has 1 aromatic heterocycles. The number of ether oxygens (including phenoxy) is 4. The molecule has 0 bridgehead atoms. The van der Waals surface area contributed by atoms with E-state index in [9.17, 15) is 4.79 Å². The Morgan fingerprint density at radius 3 is 2.38 bits per heavy atom. The Labute approximate surface area is 200 Å². The Hall–Kier alpha value is -3.58. The van der Waals surface area contributed by atoms with E-state index in [0.29, 0.717) is 24.7 Å². The molecule has 7 heteroatoms. The highest BCUT2D eigenvalue weighted by molar-refractivity contribution is 5.68. The third-order valence-electron chi connectivity index (χ3n) is 4.87. The van der Waals surface area contributed by atoms with Crippen LogP contribution < -0.4 is 14.2 Å². The predicted octanol–water partition coefficient (Wildman–Crippen LogP) is 5.46. The van der Waals surface area contributed by atoms with Crippen molar-refractivity contribution >= 4 is 5.97 Å². The molecule has 1 heterocycles. The molecule has 0 aliphatic rings. The van der Waals surface area contributed by atoms with Crippen LogP contribution in [0.3, 0.4) is 0 Å². The molecular weight excluding hydrogens is 434 g/mol. The van der Waals surface area contributed by atoms with Gasteiger partial charge in [-0.25, -0.2) is 9.78 Å². The zero-order valence-electron chi connectivity index (χ0n) is 20.0. The topological polar surface area (TPSA) is 87.1 Å². The molecule has 7 nitrogen and oxygen atoms in total. The van der Waals surface area contributed by atoms with E-state index in [2.05, 4.69) is 0 Å². The van der Waals surface area contributed by atoms with Gasteiger partial charge in [0.2, 0.25) is 0 Å². The van der Waals surface area contributed by atoms with Gasteiger partial charge < -0.3 is 24.1 Å². The number of carboxylic acid groups (broad SMARTS) is 1. The van der Waals surface area contributed by atoms with Crippen LogP contribution in [0.2, 0.25) is 0 Å². The summed E-state index contributed by atoms with van der Waals surface area (Å²) in [5, 5.41) is 8.82. The van der Waals surface area contributed by atoms with E-state index in [0.717, 1.165) is 28.3 Å². The van der Waals surface area contributed by atoms with Gasteiger partial charge in [-0.1, -0.05) is 6.07 Å². The Kier molecular flexibility index (Phi) is 8.87. The van der Waals surface area contributed by atoms with Gasteiger partial charge in [-0.05, 0) is 87.9 Å². The molecule has 0 aliphatic carbocycles. The quantitative estimate of drug-likeness (QED) is 0.380. The second-order valence-corrected chi connectivity index (χ2v) is 8.01. The summed E-state index contributed by atoms with van der Waals surface area (Å²) >= 11 is 0. The molecule has 0 unspecified atom stereocenters. The number of aliphatic carboxylic acids is 1. The number of aromatic nitrogens is 1. The Morgan fingerprint density at radius 2 is 1.74 bits per heavy atom. The third-order valence-corrected chi connectivity index (χ3v) is 4.87. The van der Waals surface area contributed by atoms with Gasteiger partial charge in [0.05, 0.1) is 24.1 Å². The van der Waals surface area contributed by atoms with Crippen molar-refractivity contribution in [2.24, 2.45) is 0 Å². The zero-order chi connectivity index (χ0) is 24.5. The molecule has 180 valence electrons. The van der Waals surface area contributed by atoms with E-state index < -0.39 is 18.7 Å². The van der Waals surface area contributed by atoms with E-state index in [-0.39, 0.29) is 6.10 Å². The number of carboxylic acids is 1. The molecule has 0 fully saturated rings. The normalized spacial score (nSPS) is 11.8. The third kappa shape index (κ3) is 7.22. The molecule has 0 spiro atoms. The Bertz CT molecular complexity index is 1080. The fraction of sp³-hybridized carbons (Fsp3) is 0.333. The van der Waals surface area contributed by atoms with E-state index >= 15 is 0 Å². The first kappa shape index (κ1) is 25.1. The van der Waals surface area contributed by atoms with Gasteiger partial charge in [0.25, 0.3) is 0 Å². The first-order valence-electron chi connectivity index (χ1n) is 11.3. The van der Waals surface area contributed by atoms with Crippen molar-refractivity contribution in [2.75, 3.05) is 19.8 Å². The van der Waals surface area contributed by atoms with E-state index in [1.54, 1.807) is 12.1 Å². The highest BCUT2D eigenvalue weighted by Gasteiger charge is 2.17. The standard InChI is InChI=1S/C27H31NO6/c1-5-31-16-26(34-22-13-14-25(19(4)15-22)32-17-27(29)30)24-8-6-7-23(28-24)20-9-11-21(12-10-20)33-18(2)3/h6-15,18,26H,5,16-17H2,1-4H3,(H,29,30)/t26-/m0/s1. The van der Waals surface area contributed by atoms with Crippen molar-refractivity contribution in [1.82, 2.24) is 4.98 Å². The molecule has 0 aliphatic heterocycles. The van der Waals surface area contributed by atoms with Crippen LogP contribution in [0.4, 0.5) is 0 Å². The lowest BCUT2D eigenvalue weighted by Gasteiger charge is -2.20. The first-order valence-corrected chi connectivity index (χ1v) is 11.3. The summed E-state index contributed by atoms with van der Waals surface area (Å²) in [6.45, 7) is 8.26. The second kappa shape index (κ2) is 12.0. The van der Waals surface area contributed by atoms with Crippen molar-refractivity contribution in [1.29, 1.82) is 0 Å². The summed E-state index contributed by atoms with van der Waals surface area (Å²) < 4.78 is 22.9. The summed E-state index contributed by atoms with van der Waals surface area (Å²) in [5.74, 6) is 0.913. The monoisotopic (exact) mass is 465 g/mol. The summed E-state index contributed by atoms with van der Waals surface area (Å²) in [6.07, 6.45) is -0.307. The highest BCUT2D eigenvalue weighted by Crippen LogP contribution is 2.29. The fourth-order valence-electron chi connectivity index (χ4n) is 3.33. The lowest BCUT2D eigenvalue weighted by molar-refractivity contribution is -0.139. The van der Waals surface area contributed by atoms with E-state index in [1.807, 2.05) is 76.2 Å². The van der Waals surface area contributed by atoms with Gasteiger partial charge >= 0.3 is 5.97 Å². The van der Waals surface area contributed by atoms with E-state index in [1.165, 1.54) is 0 Å². The summed E-state index contributed by atoms with van der Waals surface area (Å²) in [5.41, 5.74) is 3.33. The predicted molar refractivity (Wildman–Crippen MR) is 130 cm³/mol. The molecule has 0 amide bonds. The van der Waals surface area contributed by atoms with Crippen LogP contribution in [-0.4, -0.2) is 42.0 Å². The largest absolute Gasteiger partial charge is 0.491 e. The summed E-state index contributed by atoms with van der Waals surface area (Å²) in [7, 11) is 0. The smallest absolute Gasteiger partial charge is 0.341 e. The molecule has 1 atom stereocenters. The molecule has 0 radical (unpaired) electrons. The average Bonchev–Trinajstić information content (AvgIpc) is 2.81. The molecule has 1 N–H and O–H groups in total. The van der Waals surface area contributed by atoms with Crippen molar-refractivity contribution in [3.05, 3.63) is 71.9 Å². The molecular formula is C27H31NO6. The van der Waals surface area contributed by atoms with Crippen LogP contribution in [0.5, 0.6) is 17.2 Å². The SMILES string of the molecule is CCOC[C@H](Oc1ccc(OCC(=O)O)c(C)c1)c1cccc(-c2ccc(OC(C)C)cc2)n1. The maximum atomic E-state index is 10.8. The number of nitrogens with zero attached hydrogens (tertiary/aromatic N) is 1. The van der Waals surface area contributed by atoms with Crippen LogP contribution in [0.1, 0.15) is 38.1 Å². The van der Waals surface area contributed by atoms with Gasteiger partial charge in [-0.3, -0.25) is 0 Å². The van der Waals surface area contributed by atoms with Gasteiger partial charge in [-0.2, -0.15) is 0 Å². The van der Waals surface area contributed by atoms with Crippen molar-refractivity contribution in [3.63, 3.8) is 0 Å². The molecule has 0 saturated heterocycles. The Balaban J connectivity index is 1.80. The number of aryl methyl sites for hydroxylation is 1. The number of benzene rings is 2. The lowest BCUT2D eigenvalue weighted by atomic mass is 10.1. The number of pyridine rings is 1. The van der Waals surface area contributed by atoms with Gasteiger partial charge in [0.1, 0.15) is 17.2 Å². The van der Waals surface area contributed by atoms with E-state index in [4.69, 9.17) is 29.0 Å². The van der Waals surface area contributed by atoms with Crippen LogP contribution in [0, 0.1) is 6.92 Å². The number of hydrogen-bond acceptors (Lipinski definition) is 6. The minimum atomic E-state index is -1.02. The van der Waals surface area contributed by atoms with Crippen LogP contribution in [-0.2, 0) is 9.53 Å². The van der Waals surface area contributed by atoms with Gasteiger partial charge in [0, 0.05) is 12.2 Å². The zero-order valence-corrected chi connectivity index (χ0v) is 20.0. The molecule has 2 aromatic carbocycles. The van der Waals surface area contributed by atoms with Crippen LogP contribution in [0.15, 0.2) is 60.7 Å². The van der Waals surface area contributed by atoms with Crippen molar-refractivity contribution < 1.29 is 28.8 Å². The minimum absolute atomic E-state index is 0.116. The first-order chi connectivity index (χ1) is 16.4. The molecule has 3 aromatic rings. The molecule has 3 rings (SSSR count). The number of rotatable bonds is 12. The summed E-state index contributed by atoms with van der Waals surface area (Å²) in [4.78, 5) is 15.6. The van der Waals surface area contributed by atoms with Crippen molar-refractivity contribution in [3.8, 4) is 28.5 Å². The van der Waals surface area contributed by atoms with Crippen LogP contribution in [0.25, 0.3) is 11.3 Å². The van der Waals surface area contributed by atoms with Crippen molar-refractivity contribution in [2.45, 2.75) is 39.9 Å². The van der Waals surface area contributed by atoms with Gasteiger partial charge in [0.15, 0.2) is 12.7 Å². The van der Waals surface area contributed by atoms with Crippen LogP contribution >= 0.6 is 0 Å². The number of carbonyl (C=O) groups is 1. The lowest BCUT2D eigenvalue weighted by Crippen LogP contribution is -2.16. The van der Waals surface area contributed by atoms with Gasteiger partial charge in [-0.15, -0.1) is 0 Å². The second-order valence-electron chi connectivity index (χ2n) is 8.01. The highest BCUT2D eigenvalue weighted by atomic mass is 16.5. The number of hydrogen-bond donors (Lipinski definition) is 1. The minimum Gasteiger partial charge on any atom is -0.491 e. The fourth-order valence-corrected chi connectivity index (χ4v) is 3.33. The molecule has 34 heavy (non-hydrogen) atoms. The average molecular weight is 466 g/mol. The summed E-state index contributed by atoms with van der Waals surface area (Å²) in [6, 6.07) is 18.9. The maximum Gasteiger partial charge on any atom is 0.341 e.